The van der Waals surface area contributed by atoms with Crippen molar-refractivity contribution in [3.05, 3.63) is 79.9 Å². The number of rotatable bonds is 5. The van der Waals surface area contributed by atoms with E-state index in [1.165, 1.54) is 13.3 Å². The van der Waals surface area contributed by atoms with Crippen molar-refractivity contribution < 1.29 is 17.5 Å². The Hall–Kier alpha value is -3.60. The van der Waals surface area contributed by atoms with Crippen molar-refractivity contribution >= 4 is 21.4 Å². The molecule has 1 aliphatic heterocycles. The molecule has 2 heterocycles. The number of sulfonamides is 1. The van der Waals surface area contributed by atoms with Crippen LogP contribution in [-0.4, -0.2) is 31.3 Å². The summed E-state index contributed by atoms with van der Waals surface area (Å²) in [5, 5.41) is 0. The summed E-state index contributed by atoms with van der Waals surface area (Å²) in [6.45, 7) is 6.51. The number of methoxy groups -OCH3 is 1. The summed E-state index contributed by atoms with van der Waals surface area (Å²) in [4.78, 5) is 28.0. The Balaban J connectivity index is 1.89. The molecule has 0 spiro atoms. The van der Waals surface area contributed by atoms with Gasteiger partial charge in [-0.3, -0.25) is 19.1 Å². The second-order valence-electron chi connectivity index (χ2n) is 9.58. The molecule has 2 aromatic carbocycles. The quantitative estimate of drug-likeness (QED) is 0.555. The maximum Gasteiger partial charge on any atom is 0.333 e. The van der Waals surface area contributed by atoms with Crippen LogP contribution in [0.3, 0.4) is 0 Å². The number of benzene rings is 2. The SMILES string of the molecule is COc1c(C(C)(C)C)cc(-n2ccc(=O)[nH]c2=O)c(F)c1N1Cc2ccc(NS(C)(=O)=O)cc2C1. The lowest BCUT2D eigenvalue weighted by Crippen LogP contribution is -2.29. The molecule has 4 rings (SSSR count). The van der Waals surface area contributed by atoms with Crippen LogP contribution in [0.25, 0.3) is 5.69 Å². The molecule has 0 fully saturated rings. The van der Waals surface area contributed by atoms with Crippen molar-refractivity contribution in [2.45, 2.75) is 39.3 Å². The lowest BCUT2D eigenvalue weighted by Gasteiger charge is -2.29. The molecule has 0 saturated heterocycles. The van der Waals surface area contributed by atoms with Crippen LogP contribution >= 0.6 is 0 Å². The lowest BCUT2D eigenvalue weighted by molar-refractivity contribution is 0.393. The summed E-state index contributed by atoms with van der Waals surface area (Å²) in [7, 11) is -1.98. The van der Waals surface area contributed by atoms with Crippen LogP contribution in [0.2, 0.25) is 0 Å². The van der Waals surface area contributed by atoms with E-state index in [2.05, 4.69) is 9.71 Å². The van der Waals surface area contributed by atoms with E-state index >= 15 is 4.39 Å². The van der Waals surface area contributed by atoms with E-state index in [0.717, 1.165) is 28.0 Å². The number of halogens is 1. The fraction of sp³-hybridized carbons (Fsp3) is 0.333. The van der Waals surface area contributed by atoms with Crippen molar-refractivity contribution in [1.29, 1.82) is 0 Å². The van der Waals surface area contributed by atoms with Crippen LogP contribution < -0.4 is 25.6 Å². The van der Waals surface area contributed by atoms with E-state index < -0.39 is 32.5 Å². The minimum Gasteiger partial charge on any atom is -0.494 e. The highest BCUT2D eigenvalue weighted by Crippen LogP contribution is 2.45. The first-order valence-corrected chi connectivity index (χ1v) is 12.8. The molecule has 0 radical (unpaired) electrons. The molecule has 0 atom stereocenters. The number of ether oxygens (including phenoxy) is 1. The van der Waals surface area contributed by atoms with Crippen molar-refractivity contribution in [3.63, 3.8) is 0 Å². The van der Waals surface area contributed by atoms with Gasteiger partial charge in [0.25, 0.3) is 5.56 Å². The van der Waals surface area contributed by atoms with Crippen LogP contribution in [0.4, 0.5) is 15.8 Å². The maximum absolute atomic E-state index is 16.2. The molecule has 186 valence electrons. The zero-order chi connectivity index (χ0) is 25.7. The number of anilines is 2. The first kappa shape index (κ1) is 24.5. The molecule has 0 unspecified atom stereocenters. The Kier molecular flexibility index (Phi) is 6.00. The van der Waals surface area contributed by atoms with Gasteiger partial charge in [-0.2, -0.15) is 0 Å². The number of aromatic nitrogens is 2. The van der Waals surface area contributed by atoms with E-state index in [0.29, 0.717) is 30.1 Å². The second-order valence-corrected chi connectivity index (χ2v) is 11.3. The topological polar surface area (TPSA) is 114 Å². The minimum absolute atomic E-state index is 0.0117. The van der Waals surface area contributed by atoms with Gasteiger partial charge < -0.3 is 9.64 Å². The molecule has 2 N–H and O–H groups in total. The van der Waals surface area contributed by atoms with E-state index in [9.17, 15) is 18.0 Å². The summed E-state index contributed by atoms with van der Waals surface area (Å²) >= 11 is 0. The molecule has 3 aromatic rings. The minimum atomic E-state index is -3.44. The molecule has 0 saturated carbocycles. The Morgan fingerprint density at radius 1 is 1.09 bits per heavy atom. The highest BCUT2D eigenvalue weighted by Gasteiger charge is 2.32. The van der Waals surface area contributed by atoms with Crippen LogP contribution in [-0.2, 0) is 28.5 Å². The molecular formula is C24H27FN4O5S. The largest absolute Gasteiger partial charge is 0.494 e. The van der Waals surface area contributed by atoms with Crippen LogP contribution in [0.1, 0.15) is 37.5 Å². The second kappa shape index (κ2) is 8.56. The van der Waals surface area contributed by atoms with Crippen molar-refractivity contribution in [3.8, 4) is 11.4 Å². The summed E-state index contributed by atoms with van der Waals surface area (Å²) < 4.78 is 48.7. The van der Waals surface area contributed by atoms with E-state index in [1.54, 1.807) is 29.2 Å². The monoisotopic (exact) mass is 502 g/mol. The predicted molar refractivity (Wildman–Crippen MR) is 133 cm³/mol. The molecule has 1 aromatic heterocycles. The standard InChI is InChI=1S/C24H27FN4O5S/c1-24(2,3)17-11-18(29-9-8-19(30)26-23(29)31)20(25)21(22(17)34-4)28-12-14-6-7-16(10-15(14)13-28)27-35(5,32)33/h6-11,27H,12-13H2,1-5H3,(H,26,30,31). The third-order valence-corrected chi connectivity index (χ3v) is 6.42. The third kappa shape index (κ3) is 4.81. The summed E-state index contributed by atoms with van der Waals surface area (Å²) in [6, 6.07) is 7.90. The number of hydrogen-bond donors (Lipinski definition) is 2. The number of hydrogen-bond acceptors (Lipinski definition) is 6. The summed E-state index contributed by atoms with van der Waals surface area (Å²) in [5.74, 6) is -0.329. The zero-order valence-electron chi connectivity index (χ0n) is 20.1. The Labute approximate surface area is 202 Å². The highest BCUT2D eigenvalue weighted by atomic mass is 32.2. The van der Waals surface area contributed by atoms with Gasteiger partial charge in [-0.25, -0.2) is 17.6 Å². The van der Waals surface area contributed by atoms with Crippen LogP contribution in [0.5, 0.6) is 5.75 Å². The normalized spacial score (nSPS) is 13.6. The average molecular weight is 503 g/mol. The Morgan fingerprint density at radius 3 is 2.37 bits per heavy atom. The number of nitrogens with zero attached hydrogens (tertiary/aromatic N) is 2. The molecule has 0 amide bonds. The highest BCUT2D eigenvalue weighted by molar-refractivity contribution is 7.92. The Morgan fingerprint density at radius 2 is 1.77 bits per heavy atom. The molecule has 11 heteroatoms. The van der Waals surface area contributed by atoms with E-state index in [1.807, 2.05) is 20.8 Å². The number of fused-ring (bicyclic) bond motifs is 1. The molecule has 0 bridgehead atoms. The zero-order valence-corrected chi connectivity index (χ0v) is 20.9. The maximum atomic E-state index is 16.2. The van der Waals surface area contributed by atoms with E-state index in [4.69, 9.17) is 4.74 Å². The molecular weight excluding hydrogens is 475 g/mol. The van der Waals surface area contributed by atoms with Gasteiger partial charge in [-0.1, -0.05) is 26.8 Å². The first-order valence-electron chi connectivity index (χ1n) is 10.9. The van der Waals surface area contributed by atoms with Crippen LogP contribution in [0.15, 0.2) is 46.1 Å². The first-order chi connectivity index (χ1) is 16.3. The fourth-order valence-electron chi connectivity index (χ4n) is 4.27. The number of H-pyrrole nitrogens is 1. The molecule has 0 aliphatic carbocycles. The summed E-state index contributed by atoms with van der Waals surface area (Å²) in [6.07, 6.45) is 2.31. The average Bonchev–Trinajstić information content (AvgIpc) is 3.14. The van der Waals surface area contributed by atoms with Crippen molar-refractivity contribution in [2.75, 3.05) is 23.0 Å². The lowest BCUT2D eigenvalue weighted by atomic mass is 9.85. The van der Waals surface area contributed by atoms with Gasteiger partial charge in [0, 0.05) is 36.6 Å². The fourth-order valence-corrected chi connectivity index (χ4v) is 4.83. The van der Waals surface area contributed by atoms with Gasteiger partial charge in [0.2, 0.25) is 10.0 Å². The number of aromatic amines is 1. The van der Waals surface area contributed by atoms with Gasteiger partial charge in [-0.15, -0.1) is 0 Å². The van der Waals surface area contributed by atoms with Gasteiger partial charge in [0.15, 0.2) is 5.82 Å². The van der Waals surface area contributed by atoms with Gasteiger partial charge in [0.1, 0.15) is 11.4 Å². The molecule has 9 nitrogen and oxygen atoms in total. The Bertz CT molecular complexity index is 1540. The number of nitrogens with one attached hydrogen (secondary N) is 2. The summed E-state index contributed by atoms with van der Waals surface area (Å²) in [5.41, 5.74) is 1.22. The third-order valence-electron chi connectivity index (χ3n) is 5.82. The van der Waals surface area contributed by atoms with Crippen molar-refractivity contribution in [2.24, 2.45) is 0 Å². The molecule has 1 aliphatic rings. The van der Waals surface area contributed by atoms with E-state index in [-0.39, 0.29) is 11.4 Å². The molecule has 35 heavy (non-hydrogen) atoms. The van der Waals surface area contributed by atoms with Crippen molar-refractivity contribution in [1.82, 2.24) is 9.55 Å². The predicted octanol–water partition coefficient (Wildman–Crippen LogP) is 2.86. The smallest absolute Gasteiger partial charge is 0.333 e. The van der Waals surface area contributed by atoms with Gasteiger partial charge in [-0.05, 0) is 34.7 Å². The van der Waals surface area contributed by atoms with Gasteiger partial charge >= 0.3 is 5.69 Å². The van der Waals surface area contributed by atoms with Gasteiger partial charge in [0.05, 0.1) is 19.1 Å². The van der Waals surface area contributed by atoms with Crippen LogP contribution in [0, 0.1) is 5.82 Å².